The van der Waals surface area contributed by atoms with E-state index in [0.29, 0.717) is 0 Å². The molecule has 1 N–H and O–H groups in total. The van der Waals surface area contributed by atoms with Crippen molar-refractivity contribution in [2.75, 3.05) is 39.4 Å². The van der Waals surface area contributed by atoms with Gasteiger partial charge in [-0.1, -0.05) is 13.8 Å². The molecule has 0 amide bonds. The van der Waals surface area contributed by atoms with Gasteiger partial charge in [0, 0.05) is 26.2 Å². The van der Waals surface area contributed by atoms with Gasteiger partial charge < -0.3 is 4.89 Å². The third kappa shape index (κ3) is 6.10. The fourth-order valence-electron chi connectivity index (χ4n) is 5.15. The SMILES string of the molecule is CCCN(CCOP(=O)(O)OCCN(CCC)S(=O)(=O)C1(F)C(F)(F)C(F)(F)C(F)(F)C(F)(F)C1(F)F)S(=O)(=O)C1(F)C(F)(F)C(F)(F)C(F)(F)C(F)(F)C1(F)F. The number of phosphoric ester groups is 1. The van der Waals surface area contributed by atoms with Crippen LogP contribution >= 0.6 is 7.82 Å². The third-order valence-corrected chi connectivity index (χ3v) is 13.9. The lowest BCUT2D eigenvalue weighted by molar-refractivity contribution is -0.470. The number of sulfonamides is 2. The number of hydrogen-bond acceptors (Lipinski definition) is 7. The first-order chi connectivity index (χ1) is 24.8. The molecule has 2 rings (SSSR count). The van der Waals surface area contributed by atoms with E-state index in [1.165, 1.54) is 0 Å². The van der Waals surface area contributed by atoms with Crippen LogP contribution in [0.5, 0.6) is 0 Å². The van der Waals surface area contributed by atoms with Crippen LogP contribution in [0.1, 0.15) is 26.7 Å². The van der Waals surface area contributed by atoms with Gasteiger partial charge in [-0.05, 0) is 12.8 Å². The molecule has 0 bridgehead atoms. The van der Waals surface area contributed by atoms with Crippen molar-refractivity contribution in [2.24, 2.45) is 0 Å². The molecule has 2 aliphatic carbocycles. The maximum absolute atomic E-state index is 15.4. The molecule has 0 saturated heterocycles. The minimum Gasteiger partial charge on any atom is -0.302 e. The maximum atomic E-state index is 15.4. The van der Waals surface area contributed by atoms with Gasteiger partial charge in [0.1, 0.15) is 0 Å². The molecule has 0 atom stereocenters. The van der Waals surface area contributed by atoms with E-state index in [9.17, 15) is 114 Å². The van der Waals surface area contributed by atoms with E-state index in [2.05, 4.69) is 9.05 Å². The van der Waals surface area contributed by atoms with Crippen molar-refractivity contribution in [1.29, 1.82) is 0 Å². The molecule has 35 heteroatoms. The minimum absolute atomic E-state index is 0.757. The van der Waals surface area contributed by atoms with Gasteiger partial charge in [-0.2, -0.15) is 96.4 Å². The Balaban J connectivity index is 2.42. The van der Waals surface area contributed by atoms with E-state index in [1.54, 1.807) is 0 Å². The number of hydrogen-bond donors (Lipinski definition) is 1. The van der Waals surface area contributed by atoms with Gasteiger partial charge in [-0.3, -0.25) is 9.05 Å². The van der Waals surface area contributed by atoms with Crippen molar-refractivity contribution in [3.05, 3.63) is 0 Å². The van der Waals surface area contributed by atoms with Crippen molar-refractivity contribution in [3.63, 3.8) is 0 Å². The van der Waals surface area contributed by atoms with Gasteiger partial charge in [-0.15, -0.1) is 0 Å². The highest BCUT2D eigenvalue weighted by Crippen LogP contribution is 2.72. The molecule has 57 heavy (non-hydrogen) atoms. The lowest BCUT2D eigenvalue weighted by atomic mass is 9.80. The predicted molar refractivity (Wildman–Crippen MR) is 140 cm³/mol. The monoisotopic (exact) mass is 956 g/mol. The summed E-state index contributed by atoms with van der Waals surface area (Å²) in [6.45, 7) is -10.2. The molecule has 2 aliphatic rings. The molecule has 0 aromatic rings. The molecular weight excluding hydrogens is 933 g/mol. The summed E-state index contributed by atoms with van der Waals surface area (Å²) in [5.74, 6) is -78.9. The highest BCUT2D eigenvalue weighted by atomic mass is 32.2. The first-order valence-electron chi connectivity index (χ1n) is 14.6. The van der Waals surface area contributed by atoms with Crippen LogP contribution in [0.4, 0.5) is 96.6 Å². The Labute approximate surface area is 304 Å². The second-order valence-corrected chi connectivity index (χ2v) is 17.4. The van der Waals surface area contributed by atoms with Crippen molar-refractivity contribution in [2.45, 2.75) is 95.9 Å². The van der Waals surface area contributed by atoms with E-state index in [0.717, 1.165) is 13.8 Å². The molecule has 0 heterocycles. The number of alkyl halides is 22. The number of halogens is 22. The first kappa shape index (κ1) is 51.5. The maximum Gasteiger partial charge on any atom is 0.472 e. The Morgan fingerprint density at radius 1 is 0.421 bits per heavy atom. The summed E-state index contributed by atoms with van der Waals surface area (Å²) in [4.78, 5) is 9.71. The Kier molecular flexibility index (Phi) is 12.9. The lowest BCUT2D eigenvalue weighted by Crippen LogP contribution is -2.86. The molecule has 340 valence electrons. The molecule has 2 saturated carbocycles. The number of nitrogens with zero attached hydrogens (tertiary/aromatic N) is 2. The second-order valence-electron chi connectivity index (χ2n) is 11.9. The molecule has 2 fully saturated rings. The summed E-state index contributed by atoms with van der Waals surface area (Å²) >= 11 is 0. The van der Waals surface area contributed by atoms with Gasteiger partial charge in [0.25, 0.3) is 20.0 Å². The third-order valence-electron chi connectivity index (χ3n) is 8.30. The Morgan fingerprint density at radius 2 is 0.614 bits per heavy atom. The average Bonchev–Trinajstić information content (AvgIpc) is 3.04. The van der Waals surface area contributed by atoms with Crippen LogP contribution in [-0.2, 0) is 33.7 Å². The van der Waals surface area contributed by atoms with Crippen LogP contribution in [0.3, 0.4) is 0 Å². The molecular formula is C22H23F22N2O8PS2. The molecule has 0 aromatic carbocycles. The van der Waals surface area contributed by atoms with Crippen molar-refractivity contribution in [3.8, 4) is 0 Å². The number of phosphoric acid groups is 1. The summed E-state index contributed by atoms with van der Waals surface area (Å²) in [5, 5.41) is -15.3. The topological polar surface area (TPSA) is 131 Å². The van der Waals surface area contributed by atoms with Crippen LogP contribution in [0.2, 0.25) is 0 Å². The normalized spacial score (nSPS) is 27.3. The largest absolute Gasteiger partial charge is 0.472 e. The molecule has 10 nitrogen and oxygen atoms in total. The zero-order valence-corrected chi connectivity index (χ0v) is 30.0. The Hall–Kier alpha value is -1.61. The summed E-state index contributed by atoms with van der Waals surface area (Å²) < 4.78 is 380. The lowest BCUT2D eigenvalue weighted by Gasteiger charge is -2.52. The van der Waals surface area contributed by atoms with E-state index in [-0.39, 0.29) is 0 Å². The highest BCUT2D eigenvalue weighted by molar-refractivity contribution is 7.90. The predicted octanol–water partition coefficient (Wildman–Crippen LogP) is 6.92. The Morgan fingerprint density at radius 3 is 0.807 bits per heavy atom. The quantitative estimate of drug-likeness (QED) is 0.131. The van der Waals surface area contributed by atoms with Crippen LogP contribution in [0, 0.1) is 0 Å². The summed E-state index contributed by atoms with van der Waals surface area (Å²) in [6.07, 6.45) is -1.82. The van der Waals surface area contributed by atoms with Crippen molar-refractivity contribution in [1.82, 2.24) is 8.61 Å². The van der Waals surface area contributed by atoms with Crippen LogP contribution in [0.25, 0.3) is 0 Å². The summed E-state index contributed by atoms with van der Waals surface area (Å²) in [6, 6.07) is 0. The van der Waals surface area contributed by atoms with Crippen LogP contribution in [0.15, 0.2) is 0 Å². The molecule has 0 radical (unpaired) electrons. The molecule has 0 unspecified atom stereocenters. The van der Waals surface area contributed by atoms with Gasteiger partial charge in [-0.25, -0.2) is 30.2 Å². The highest BCUT2D eigenvalue weighted by Gasteiger charge is 3.06. The summed E-state index contributed by atoms with van der Waals surface area (Å²) in [7, 11) is -21.8. The first-order valence-corrected chi connectivity index (χ1v) is 19.0. The van der Waals surface area contributed by atoms with Gasteiger partial charge in [0.2, 0.25) is 0 Å². The van der Waals surface area contributed by atoms with E-state index in [1.807, 2.05) is 0 Å². The van der Waals surface area contributed by atoms with Gasteiger partial charge >= 0.3 is 77.0 Å². The van der Waals surface area contributed by atoms with E-state index < -0.39 is 158 Å². The average molecular weight is 956 g/mol. The van der Waals surface area contributed by atoms with Gasteiger partial charge in [0.05, 0.1) is 13.2 Å². The smallest absolute Gasteiger partial charge is 0.302 e. The van der Waals surface area contributed by atoms with Gasteiger partial charge in [0.15, 0.2) is 0 Å². The van der Waals surface area contributed by atoms with Crippen LogP contribution in [-0.4, -0.2) is 139 Å². The second kappa shape index (κ2) is 14.2. The molecule has 0 aliphatic heterocycles. The minimum atomic E-state index is -7.92. The zero-order valence-electron chi connectivity index (χ0n) is 27.4. The van der Waals surface area contributed by atoms with E-state index >= 15 is 8.78 Å². The zero-order chi connectivity index (χ0) is 45.7. The van der Waals surface area contributed by atoms with Crippen molar-refractivity contribution < 1.29 is 132 Å². The molecule has 0 spiro atoms. The molecule has 0 aromatic heterocycles. The van der Waals surface area contributed by atoms with Crippen molar-refractivity contribution >= 4 is 27.9 Å². The van der Waals surface area contributed by atoms with Crippen LogP contribution < -0.4 is 0 Å². The fourth-order valence-corrected chi connectivity index (χ4v) is 9.84. The number of rotatable bonds is 16. The Bertz CT molecular complexity index is 1610. The standard InChI is InChI=1S/C22H23F22N2O8PS2/c1-3-5-45(56(49,50)21(43)17(35,36)13(27,28)11(23,24)14(29,30)18(21,37)38)7-9-53-55(47,48)54-10-8-46(6-4-2)57(51,52)22(44)19(39,40)15(31,32)12(25,26)16(33,34)20(22,41)42/h3-10H2,1-2H3,(H,47,48). The summed E-state index contributed by atoms with van der Waals surface area (Å²) in [5.41, 5.74) is 0. The fraction of sp³-hybridized carbons (Fsp3) is 1.00. The van der Waals surface area contributed by atoms with E-state index in [4.69, 9.17) is 0 Å².